The molecule has 0 unspecified atom stereocenters. The van der Waals surface area contributed by atoms with Crippen LogP contribution in [0.1, 0.15) is 31.4 Å². The summed E-state index contributed by atoms with van der Waals surface area (Å²) in [7, 11) is -4.15. The minimum atomic E-state index is -4.15. The fourth-order valence-electron chi connectivity index (χ4n) is 3.80. The molecule has 7 nitrogen and oxygen atoms in total. The molecule has 0 aliphatic rings. The molecule has 0 aliphatic heterocycles. The van der Waals surface area contributed by atoms with Crippen LogP contribution in [0.15, 0.2) is 77.7 Å². The third-order valence-electron chi connectivity index (χ3n) is 6.01. The molecule has 0 spiro atoms. The number of carbonyl (C=O) groups is 2. The lowest BCUT2D eigenvalue weighted by atomic mass is 10.1. The van der Waals surface area contributed by atoms with E-state index in [1.165, 1.54) is 23.1 Å². The summed E-state index contributed by atoms with van der Waals surface area (Å²) in [4.78, 5) is 28.1. The van der Waals surface area contributed by atoms with Crippen LogP contribution < -0.4 is 9.62 Å². The molecule has 0 radical (unpaired) electrons. The highest BCUT2D eigenvalue weighted by atomic mass is 35.5. The Kier molecular flexibility index (Phi) is 10.2. The number of benzene rings is 3. The standard InChI is InChI=1S/C28H31Cl2N3O4S/c1-4-15-31-28(35)21(3)32(18-22-9-8-10-23(29)16-22)27(34)19-33(24-14-13-20(2)26(30)17-24)38(36,37)25-11-6-5-7-12-25/h5-14,16-17,21H,4,15,18-19H2,1-3H3,(H,31,35)/t21-/m1/s1. The van der Waals surface area contributed by atoms with Gasteiger partial charge in [-0.25, -0.2) is 8.42 Å². The highest BCUT2D eigenvalue weighted by molar-refractivity contribution is 7.92. The number of halogens is 2. The van der Waals surface area contributed by atoms with Gasteiger partial charge in [-0.2, -0.15) is 0 Å². The van der Waals surface area contributed by atoms with Crippen LogP contribution in [-0.4, -0.2) is 44.3 Å². The minimum absolute atomic E-state index is 0.0274. The van der Waals surface area contributed by atoms with Crippen LogP contribution in [0.5, 0.6) is 0 Å². The molecule has 3 aromatic carbocycles. The number of nitrogens with one attached hydrogen (secondary N) is 1. The third-order valence-corrected chi connectivity index (χ3v) is 8.44. The second-order valence-corrected chi connectivity index (χ2v) is 11.6. The van der Waals surface area contributed by atoms with Gasteiger partial charge >= 0.3 is 0 Å². The molecule has 0 bridgehead atoms. The minimum Gasteiger partial charge on any atom is -0.354 e. The molecule has 3 rings (SSSR count). The van der Waals surface area contributed by atoms with Gasteiger partial charge < -0.3 is 10.2 Å². The topological polar surface area (TPSA) is 86.8 Å². The molecule has 0 saturated heterocycles. The second kappa shape index (κ2) is 13.1. The number of sulfonamides is 1. The SMILES string of the molecule is CCCNC(=O)[C@@H](C)N(Cc1cccc(Cl)c1)C(=O)CN(c1ccc(C)c(Cl)c1)S(=O)(=O)c1ccccc1. The molecule has 202 valence electrons. The number of rotatable bonds is 11. The summed E-state index contributed by atoms with van der Waals surface area (Å²) in [6, 6.07) is 18.8. The maximum absolute atomic E-state index is 13.8. The fourth-order valence-corrected chi connectivity index (χ4v) is 5.61. The molecule has 10 heteroatoms. The third kappa shape index (κ3) is 7.28. The van der Waals surface area contributed by atoms with Crippen LogP contribution in [0.25, 0.3) is 0 Å². The van der Waals surface area contributed by atoms with E-state index >= 15 is 0 Å². The van der Waals surface area contributed by atoms with Crippen LogP contribution in [0.4, 0.5) is 5.69 Å². The number of nitrogens with zero attached hydrogens (tertiary/aromatic N) is 2. The summed E-state index contributed by atoms with van der Waals surface area (Å²) in [5, 5.41) is 3.66. The number of anilines is 1. The zero-order valence-corrected chi connectivity index (χ0v) is 23.9. The van der Waals surface area contributed by atoms with E-state index in [-0.39, 0.29) is 23.0 Å². The molecule has 0 aliphatic carbocycles. The van der Waals surface area contributed by atoms with Gasteiger partial charge in [0.25, 0.3) is 10.0 Å². The van der Waals surface area contributed by atoms with Gasteiger partial charge in [0, 0.05) is 23.1 Å². The maximum Gasteiger partial charge on any atom is 0.264 e. The summed E-state index contributed by atoms with van der Waals surface area (Å²) in [6.07, 6.45) is 0.734. The predicted octanol–water partition coefficient (Wildman–Crippen LogP) is 5.44. The molecule has 0 saturated carbocycles. The predicted molar refractivity (Wildman–Crippen MR) is 152 cm³/mol. The fraction of sp³-hybridized carbons (Fsp3) is 0.286. The van der Waals surface area contributed by atoms with Gasteiger partial charge in [0.05, 0.1) is 10.6 Å². The Bertz CT molecular complexity index is 1380. The molecule has 1 N–H and O–H groups in total. The van der Waals surface area contributed by atoms with Crippen LogP contribution in [-0.2, 0) is 26.2 Å². The average Bonchev–Trinajstić information content (AvgIpc) is 2.90. The van der Waals surface area contributed by atoms with Crippen LogP contribution in [0, 0.1) is 6.92 Å². The monoisotopic (exact) mass is 575 g/mol. The van der Waals surface area contributed by atoms with Crippen molar-refractivity contribution >= 4 is 50.7 Å². The first-order chi connectivity index (χ1) is 18.0. The van der Waals surface area contributed by atoms with Crippen LogP contribution >= 0.6 is 23.2 Å². The van der Waals surface area contributed by atoms with Gasteiger partial charge in [0.2, 0.25) is 11.8 Å². The van der Waals surface area contributed by atoms with E-state index in [0.717, 1.165) is 16.3 Å². The van der Waals surface area contributed by atoms with Gasteiger partial charge in [-0.05, 0) is 67.8 Å². The van der Waals surface area contributed by atoms with Crippen molar-refractivity contribution in [2.24, 2.45) is 0 Å². The Morgan fingerprint density at radius 1 is 0.974 bits per heavy atom. The lowest BCUT2D eigenvalue weighted by Crippen LogP contribution is -2.51. The summed E-state index contributed by atoms with van der Waals surface area (Å²) in [5.74, 6) is -0.890. The molecular weight excluding hydrogens is 545 g/mol. The van der Waals surface area contributed by atoms with E-state index in [2.05, 4.69) is 5.32 Å². The quantitative estimate of drug-likeness (QED) is 0.330. The van der Waals surface area contributed by atoms with Gasteiger partial charge in [-0.3, -0.25) is 13.9 Å². The van der Waals surface area contributed by atoms with Crippen molar-refractivity contribution in [2.75, 3.05) is 17.4 Å². The summed E-state index contributed by atoms with van der Waals surface area (Å²) < 4.78 is 28.5. The van der Waals surface area contributed by atoms with E-state index in [0.29, 0.717) is 22.2 Å². The molecular formula is C28H31Cl2N3O4S. The van der Waals surface area contributed by atoms with Crippen molar-refractivity contribution in [1.82, 2.24) is 10.2 Å². The zero-order chi connectivity index (χ0) is 27.9. The Labute approximate surface area is 234 Å². The number of carbonyl (C=O) groups excluding carboxylic acids is 2. The molecule has 38 heavy (non-hydrogen) atoms. The van der Waals surface area contributed by atoms with Gasteiger partial charge in [-0.15, -0.1) is 0 Å². The number of hydrogen-bond donors (Lipinski definition) is 1. The molecule has 0 fully saturated rings. The maximum atomic E-state index is 13.8. The van der Waals surface area contributed by atoms with E-state index in [4.69, 9.17) is 23.2 Å². The van der Waals surface area contributed by atoms with Crippen molar-refractivity contribution < 1.29 is 18.0 Å². The highest BCUT2D eigenvalue weighted by Gasteiger charge is 2.32. The first kappa shape index (κ1) is 29.5. The van der Waals surface area contributed by atoms with Crippen molar-refractivity contribution in [3.05, 3.63) is 94.0 Å². The van der Waals surface area contributed by atoms with E-state index in [1.54, 1.807) is 68.4 Å². The van der Waals surface area contributed by atoms with E-state index < -0.39 is 28.5 Å². The molecule has 2 amide bonds. The average molecular weight is 577 g/mol. The molecule has 3 aromatic rings. The Morgan fingerprint density at radius 2 is 1.68 bits per heavy atom. The summed E-state index contributed by atoms with van der Waals surface area (Å²) in [5.41, 5.74) is 1.71. The highest BCUT2D eigenvalue weighted by Crippen LogP contribution is 2.28. The summed E-state index contributed by atoms with van der Waals surface area (Å²) >= 11 is 12.5. The first-order valence-corrected chi connectivity index (χ1v) is 14.4. The van der Waals surface area contributed by atoms with Crippen LogP contribution in [0.3, 0.4) is 0 Å². The summed E-state index contributed by atoms with van der Waals surface area (Å²) in [6.45, 7) is 5.33. The van der Waals surface area contributed by atoms with Gasteiger partial charge in [0.15, 0.2) is 0 Å². The van der Waals surface area contributed by atoms with E-state index in [1.807, 2.05) is 6.92 Å². The van der Waals surface area contributed by atoms with E-state index in [9.17, 15) is 18.0 Å². The van der Waals surface area contributed by atoms with Crippen molar-refractivity contribution in [2.45, 2.75) is 44.7 Å². The molecule has 0 heterocycles. The second-order valence-electron chi connectivity index (χ2n) is 8.88. The lowest BCUT2D eigenvalue weighted by molar-refractivity contribution is -0.139. The van der Waals surface area contributed by atoms with Crippen molar-refractivity contribution in [1.29, 1.82) is 0 Å². The lowest BCUT2D eigenvalue weighted by Gasteiger charge is -2.32. The number of aryl methyl sites for hydroxylation is 1. The first-order valence-electron chi connectivity index (χ1n) is 12.2. The Balaban J connectivity index is 2.03. The van der Waals surface area contributed by atoms with Gasteiger partial charge in [0.1, 0.15) is 12.6 Å². The Morgan fingerprint density at radius 3 is 2.32 bits per heavy atom. The Hall–Kier alpha value is -3.07. The van der Waals surface area contributed by atoms with Gasteiger partial charge in [-0.1, -0.05) is 66.5 Å². The van der Waals surface area contributed by atoms with Crippen molar-refractivity contribution in [3.63, 3.8) is 0 Å². The molecule has 0 aromatic heterocycles. The van der Waals surface area contributed by atoms with Crippen LogP contribution in [0.2, 0.25) is 10.0 Å². The number of amides is 2. The van der Waals surface area contributed by atoms with Crippen molar-refractivity contribution in [3.8, 4) is 0 Å². The zero-order valence-electron chi connectivity index (χ0n) is 21.5. The smallest absolute Gasteiger partial charge is 0.264 e. The largest absolute Gasteiger partial charge is 0.354 e. The molecule has 1 atom stereocenters. The normalized spacial score (nSPS) is 12.0. The number of hydrogen-bond acceptors (Lipinski definition) is 4.